The van der Waals surface area contributed by atoms with E-state index >= 15 is 4.39 Å². The molecule has 0 bridgehead atoms. The van der Waals surface area contributed by atoms with Crippen LogP contribution in [0.1, 0.15) is 24.1 Å². The molecule has 188 valence electrons. The molecule has 0 fully saturated rings. The van der Waals surface area contributed by atoms with Crippen LogP contribution >= 0.6 is 27.5 Å². The van der Waals surface area contributed by atoms with E-state index in [0.29, 0.717) is 21.2 Å². The maximum atomic E-state index is 15.6. The third kappa shape index (κ3) is 6.19. The summed E-state index contributed by atoms with van der Waals surface area (Å²) in [6.07, 6.45) is 0.854. The average molecular weight is 589 g/mol. The number of ether oxygens (including phenoxy) is 2. The van der Waals surface area contributed by atoms with E-state index in [1.54, 1.807) is 18.2 Å². The zero-order valence-electron chi connectivity index (χ0n) is 18.8. The van der Waals surface area contributed by atoms with Gasteiger partial charge in [-0.25, -0.2) is 13.9 Å². The second-order valence-electron chi connectivity index (χ2n) is 7.64. The van der Waals surface area contributed by atoms with Gasteiger partial charge in [-0.2, -0.15) is 10.2 Å². The number of rotatable bonds is 9. The van der Waals surface area contributed by atoms with E-state index in [-0.39, 0.29) is 53.8 Å². The van der Waals surface area contributed by atoms with Gasteiger partial charge in [-0.05, 0) is 51.8 Å². The number of halogens is 3. The van der Waals surface area contributed by atoms with Crippen molar-refractivity contribution < 1.29 is 28.6 Å². The summed E-state index contributed by atoms with van der Waals surface area (Å²) in [5, 5.41) is 21.8. The summed E-state index contributed by atoms with van der Waals surface area (Å²) in [5.74, 6) is -2.36. The number of carboxylic acid groups (broad SMARTS) is 1. The van der Waals surface area contributed by atoms with Crippen molar-refractivity contribution in [2.75, 3.05) is 0 Å². The Kier molecular flexibility index (Phi) is 7.95. The largest absolute Gasteiger partial charge is 0.481 e. The average Bonchev–Trinajstić information content (AvgIpc) is 3.22. The van der Waals surface area contributed by atoms with E-state index in [0.717, 1.165) is 0 Å². The van der Waals surface area contributed by atoms with Crippen molar-refractivity contribution in [1.29, 1.82) is 0 Å². The Labute approximate surface area is 222 Å². The summed E-state index contributed by atoms with van der Waals surface area (Å²) >= 11 is 9.34. The van der Waals surface area contributed by atoms with Crippen LogP contribution in [0.2, 0.25) is 5.02 Å². The number of carbonyl (C=O) groups is 2. The number of carbonyl (C=O) groups excluding carboxylic acids is 1. The van der Waals surface area contributed by atoms with Gasteiger partial charge in [0.05, 0.1) is 35.8 Å². The molecule has 0 saturated heterocycles. The predicted octanol–water partition coefficient (Wildman–Crippen LogP) is 5.68. The first kappa shape index (κ1) is 26.0. The minimum absolute atomic E-state index is 0.0421. The zero-order chi connectivity index (χ0) is 26.5. The first-order chi connectivity index (χ1) is 17.7. The van der Waals surface area contributed by atoms with Crippen molar-refractivity contribution in [3.8, 4) is 11.5 Å². The van der Waals surface area contributed by atoms with Gasteiger partial charge in [0.1, 0.15) is 5.75 Å². The van der Waals surface area contributed by atoms with Gasteiger partial charge >= 0.3 is 11.9 Å². The smallest absolute Gasteiger partial charge is 0.308 e. The lowest BCUT2D eigenvalue weighted by atomic mass is 10.1. The number of benzene rings is 2. The van der Waals surface area contributed by atoms with Gasteiger partial charge in [0.25, 0.3) is 0 Å². The first-order valence-corrected chi connectivity index (χ1v) is 11.8. The Morgan fingerprint density at radius 3 is 2.78 bits per heavy atom. The fourth-order valence-corrected chi connectivity index (χ4v) is 4.00. The Balaban J connectivity index is 1.60. The Bertz CT molecular complexity index is 1550. The van der Waals surface area contributed by atoms with Gasteiger partial charge in [-0.3, -0.25) is 9.59 Å². The predicted molar refractivity (Wildman–Crippen MR) is 133 cm³/mol. The molecule has 1 N–H and O–H groups in total. The van der Waals surface area contributed by atoms with E-state index in [9.17, 15) is 9.59 Å². The van der Waals surface area contributed by atoms with Crippen molar-refractivity contribution in [1.82, 2.24) is 20.0 Å². The summed E-state index contributed by atoms with van der Waals surface area (Å²) in [4.78, 5) is 25.8. The van der Waals surface area contributed by atoms with E-state index in [1.807, 2.05) is 0 Å². The highest BCUT2D eigenvalue weighted by molar-refractivity contribution is 9.10. The van der Waals surface area contributed by atoms with Crippen LogP contribution in [0.5, 0.6) is 11.5 Å². The summed E-state index contributed by atoms with van der Waals surface area (Å²) in [6, 6.07) is 9.23. The molecule has 13 heteroatoms. The van der Waals surface area contributed by atoms with E-state index in [1.165, 1.54) is 29.1 Å². The molecule has 0 amide bonds. The highest BCUT2D eigenvalue weighted by atomic mass is 79.9. The summed E-state index contributed by atoms with van der Waals surface area (Å²) < 4.78 is 28.1. The van der Waals surface area contributed by atoms with Crippen molar-refractivity contribution in [3.63, 3.8) is 0 Å². The molecule has 0 atom stereocenters. The fraction of sp³-hybridized carbons (Fsp3) is 0.167. The highest BCUT2D eigenvalue weighted by Gasteiger charge is 2.20. The van der Waals surface area contributed by atoms with Crippen molar-refractivity contribution in [2.24, 2.45) is 0 Å². The Morgan fingerprint density at radius 2 is 2.03 bits per heavy atom. The molecule has 0 unspecified atom stereocenters. The zero-order valence-corrected chi connectivity index (χ0v) is 21.2. The van der Waals surface area contributed by atoms with Crippen molar-refractivity contribution >= 4 is 56.2 Å². The topological polar surface area (TPSA) is 121 Å². The molecule has 2 heterocycles. The van der Waals surface area contributed by atoms with Gasteiger partial charge in [-0.1, -0.05) is 17.7 Å². The number of aromatic nitrogens is 4. The van der Waals surface area contributed by atoms with Crippen LogP contribution in [0.15, 0.2) is 47.1 Å². The molecule has 0 radical (unpaired) electrons. The molecule has 2 aromatic carbocycles. The third-order valence-electron chi connectivity index (χ3n) is 5.08. The van der Waals surface area contributed by atoms with Gasteiger partial charge < -0.3 is 14.6 Å². The number of nitrogens with zero attached hydrogens (tertiary/aromatic N) is 5. The summed E-state index contributed by atoms with van der Waals surface area (Å²) in [7, 11) is 0. The number of aliphatic carboxylic acids is 1. The third-order valence-corrected chi connectivity index (χ3v) is 5.92. The summed E-state index contributed by atoms with van der Waals surface area (Å²) in [6.45, 7) is 6.86. The molecule has 0 aliphatic carbocycles. The lowest BCUT2D eigenvalue weighted by Gasteiger charge is -2.12. The van der Waals surface area contributed by atoms with Crippen molar-refractivity contribution in [3.05, 3.63) is 80.6 Å². The van der Waals surface area contributed by atoms with Gasteiger partial charge in [0.2, 0.25) is 0 Å². The van der Waals surface area contributed by atoms with Gasteiger partial charge in [0, 0.05) is 16.8 Å². The molecule has 0 saturated carbocycles. The lowest BCUT2D eigenvalue weighted by molar-refractivity contribution is -0.150. The number of fused-ring (bicyclic) bond motifs is 1. The Morgan fingerprint density at radius 1 is 1.22 bits per heavy atom. The van der Waals surface area contributed by atoms with Crippen LogP contribution in [-0.2, 0) is 27.5 Å². The molecule has 10 nitrogen and oxygen atoms in total. The highest BCUT2D eigenvalue weighted by Crippen LogP contribution is 2.37. The van der Waals surface area contributed by atoms with Gasteiger partial charge in [-0.15, -0.1) is 5.10 Å². The molecule has 4 aromatic rings. The minimum Gasteiger partial charge on any atom is -0.481 e. The second kappa shape index (κ2) is 11.3. The van der Waals surface area contributed by atoms with E-state index in [4.69, 9.17) is 32.8 Å². The van der Waals surface area contributed by atoms with Crippen LogP contribution in [0.3, 0.4) is 0 Å². The fourth-order valence-electron chi connectivity index (χ4n) is 3.40. The van der Waals surface area contributed by atoms with Crippen LogP contribution in [0.4, 0.5) is 10.1 Å². The van der Waals surface area contributed by atoms with Crippen LogP contribution in [-0.4, -0.2) is 37.0 Å². The number of esters is 1. The molecule has 0 aliphatic heterocycles. The standard InChI is InChI=1S/C24H16BrClFN5O5/c1-28-15-9-14(26)10-16(11-15)37-23-18(25)3-2-13(22(23)27)8-19-17-6-7-29-30-24(17)32(31-19)12-36-21(35)5-4-20(33)34/h2-3,6-7,9-11H,4-5,8,12H2,(H,33,34). The van der Waals surface area contributed by atoms with Crippen LogP contribution in [0.25, 0.3) is 15.9 Å². The molecule has 0 aliphatic rings. The maximum Gasteiger partial charge on any atom is 0.308 e. The molecular weight excluding hydrogens is 573 g/mol. The monoisotopic (exact) mass is 587 g/mol. The normalized spacial score (nSPS) is 10.8. The van der Waals surface area contributed by atoms with Gasteiger partial charge in [0.15, 0.2) is 29.6 Å². The SMILES string of the molecule is [C-]#[N+]c1cc(Cl)cc(Oc2c(Br)ccc(Cc3nn(COC(=O)CCC(=O)O)c4nnccc34)c2F)c1. The maximum absolute atomic E-state index is 15.6. The number of hydrogen-bond acceptors (Lipinski definition) is 7. The molecule has 2 aromatic heterocycles. The quantitative estimate of drug-likeness (QED) is 0.196. The van der Waals surface area contributed by atoms with Crippen LogP contribution < -0.4 is 4.74 Å². The summed E-state index contributed by atoms with van der Waals surface area (Å²) in [5.41, 5.74) is 1.25. The molecule has 0 spiro atoms. The van der Waals surface area contributed by atoms with E-state index in [2.05, 4.69) is 36.1 Å². The van der Waals surface area contributed by atoms with E-state index < -0.39 is 17.8 Å². The molecule has 37 heavy (non-hydrogen) atoms. The second-order valence-corrected chi connectivity index (χ2v) is 8.93. The molecular formula is C24H16BrClFN5O5. The number of carboxylic acids is 1. The molecule has 4 rings (SSSR count). The van der Waals surface area contributed by atoms with Crippen molar-refractivity contribution in [2.45, 2.75) is 26.0 Å². The lowest BCUT2D eigenvalue weighted by Crippen LogP contribution is -2.12. The first-order valence-electron chi connectivity index (χ1n) is 10.6. The minimum atomic E-state index is -1.11. The van der Waals surface area contributed by atoms with Crippen LogP contribution in [0, 0.1) is 12.4 Å². The number of hydrogen-bond donors (Lipinski definition) is 1. The Hall–Kier alpha value is -4.08.